The molecular weight excluding hydrogens is 348 g/mol. The first-order valence-corrected chi connectivity index (χ1v) is 10.3. The number of hydrogen-bond acceptors (Lipinski definition) is 4. The Morgan fingerprint density at radius 3 is 2.62 bits per heavy atom. The molecule has 2 aliphatic heterocycles. The van der Waals surface area contributed by atoms with Crippen LogP contribution in [0.5, 0.6) is 0 Å². The summed E-state index contributed by atoms with van der Waals surface area (Å²) < 4.78 is 6.18. The maximum Gasteiger partial charge on any atom is 0.253 e. The second kappa shape index (κ2) is 8.73. The number of carbonyl (C=O) groups excluding carboxylic acids is 2. The molecule has 0 radical (unpaired) electrons. The van der Waals surface area contributed by atoms with Crippen molar-refractivity contribution in [3.8, 4) is 0 Å². The van der Waals surface area contributed by atoms with E-state index in [1.807, 2.05) is 40.9 Å². The summed E-state index contributed by atoms with van der Waals surface area (Å²) >= 11 is 1.99. The van der Waals surface area contributed by atoms with Gasteiger partial charge in [0.25, 0.3) is 5.91 Å². The van der Waals surface area contributed by atoms with Gasteiger partial charge in [-0.1, -0.05) is 18.7 Å². The first-order chi connectivity index (χ1) is 12.6. The molecule has 0 saturated carbocycles. The fourth-order valence-corrected chi connectivity index (χ4v) is 4.68. The number of rotatable bonds is 4. The highest BCUT2D eigenvalue weighted by molar-refractivity contribution is 7.99. The first kappa shape index (κ1) is 19.0. The SMILES string of the molecule is C=CC(=O)NCc1ccc(C(=O)N2CCOC3(CCSCC3)CC2)cc1. The molecule has 1 N–H and O–H groups in total. The van der Waals surface area contributed by atoms with Gasteiger partial charge in [0.05, 0.1) is 12.2 Å². The van der Waals surface area contributed by atoms with Crippen molar-refractivity contribution in [2.24, 2.45) is 0 Å². The van der Waals surface area contributed by atoms with Crippen LogP contribution in [0.25, 0.3) is 0 Å². The maximum atomic E-state index is 12.8. The lowest BCUT2D eigenvalue weighted by molar-refractivity contribution is -0.116. The summed E-state index contributed by atoms with van der Waals surface area (Å²) in [6.07, 6.45) is 4.34. The second-order valence-corrected chi connectivity index (χ2v) is 8.03. The normalized spacial score (nSPS) is 19.6. The average Bonchev–Trinajstić information content (AvgIpc) is 2.89. The van der Waals surface area contributed by atoms with Crippen LogP contribution in [-0.2, 0) is 16.1 Å². The third-order valence-electron chi connectivity index (χ3n) is 5.15. The van der Waals surface area contributed by atoms with Crippen molar-refractivity contribution in [3.05, 3.63) is 48.0 Å². The minimum absolute atomic E-state index is 0.0203. The molecule has 2 saturated heterocycles. The molecule has 1 aromatic rings. The molecule has 2 aliphatic rings. The first-order valence-electron chi connectivity index (χ1n) is 9.12. The zero-order valence-electron chi connectivity index (χ0n) is 15.0. The number of nitrogens with one attached hydrogen (secondary N) is 1. The number of amides is 2. The van der Waals surface area contributed by atoms with E-state index in [1.54, 1.807) is 0 Å². The van der Waals surface area contributed by atoms with Crippen LogP contribution in [0.2, 0.25) is 0 Å². The Kier molecular flexibility index (Phi) is 6.38. The number of nitrogens with zero attached hydrogens (tertiary/aromatic N) is 1. The van der Waals surface area contributed by atoms with E-state index in [1.165, 1.54) is 6.08 Å². The van der Waals surface area contributed by atoms with Crippen LogP contribution < -0.4 is 5.32 Å². The highest BCUT2D eigenvalue weighted by Gasteiger charge is 2.36. The standard InChI is InChI=1S/C20H26N2O3S/c1-2-18(23)21-15-16-3-5-17(6-4-16)19(24)22-10-7-20(25-12-11-22)8-13-26-14-9-20/h2-6H,1,7-15H2,(H,21,23). The Balaban J connectivity index is 1.58. The molecule has 0 aliphatic carbocycles. The quantitative estimate of drug-likeness (QED) is 0.823. The van der Waals surface area contributed by atoms with Gasteiger partial charge in [0, 0.05) is 25.2 Å². The van der Waals surface area contributed by atoms with Crippen molar-refractivity contribution >= 4 is 23.6 Å². The Hall–Kier alpha value is -1.79. The second-order valence-electron chi connectivity index (χ2n) is 6.80. The minimum atomic E-state index is -0.204. The summed E-state index contributed by atoms with van der Waals surface area (Å²) in [7, 11) is 0. The van der Waals surface area contributed by atoms with Crippen LogP contribution in [0.15, 0.2) is 36.9 Å². The Bertz CT molecular complexity index is 654. The van der Waals surface area contributed by atoms with Crippen LogP contribution in [-0.4, -0.2) is 53.5 Å². The van der Waals surface area contributed by atoms with Gasteiger partial charge in [0.2, 0.25) is 5.91 Å². The molecule has 0 bridgehead atoms. The fourth-order valence-electron chi connectivity index (χ4n) is 3.44. The lowest BCUT2D eigenvalue weighted by Gasteiger charge is -2.35. The molecule has 1 aromatic carbocycles. The van der Waals surface area contributed by atoms with E-state index in [9.17, 15) is 9.59 Å². The molecule has 2 heterocycles. The van der Waals surface area contributed by atoms with E-state index < -0.39 is 0 Å². The summed E-state index contributed by atoms with van der Waals surface area (Å²) in [5.41, 5.74) is 1.61. The summed E-state index contributed by atoms with van der Waals surface area (Å²) in [6, 6.07) is 7.42. The number of thioether (sulfide) groups is 1. The molecule has 0 atom stereocenters. The summed E-state index contributed by atoms with van der Waals surface area (Å²) in [4.78, 5) is 26.0. The van der Waals surface area contributed by atoms with Crippen LogP contribution in [0.4, 0.5) is 0 Å². The zero-order chi connectivity index (χ0) is 18.4. The molecule has 2 amide bonds. The largest absolute Gasteiger partial charge is 0.373 e. The average molecular weight is 375 g/mol. The van der Waals surface area contributed by atoms with Gasteiger partial charge < -0.3 is 15.0 Å². The molecule has 1 spiro atoms. The highest BCUT2D eigenvalue weighted by Crippen LogP contribution is 2.34. The zero-order valence-corrected chi connectivity index (χ0v) is 15.9. The van der Waals surface area contributed by atoms with Crippen molar-refractivity contribution in [2.75, 3.05) is 31.2 Å². The minimum Gasteiger partial charge on any atom is -0.373 e. The van der Waals surface area contributed by atoms with Crippen molar-refractivity contribution in [1.82, 2.24) is 10.2 Å². The molecular formula is C20H26N2O3S. The van der Waals surface area contributed by atoms with Gasteiger partial charge in [-0.15, -0.1) is 0 Å². The Morgan fingerprint density at radius 2 is 1.92 bits per heavy atom. The van der Waals surface area contributed by atoms with Crippen molar-refractivity contribution in [1.29, 1.82) is 0 Å². The van der Waals surface area contributed by atoms with Gasteiger partial charge in [-0.25, -0.2) is 0 Å². The van der Waals surface area contributed by atoms with Gasteiger partial charge in [0.15, 0.2) is 0 Å². The van der Waals surface area contributed by atoms with Crippen molar-refractivity contribution in [2.45, 2.75) is 31.4 Å². The number of carbonyl (C=O) groups is 2. The summed E-state index contributed by atoms with van der Waals surface area (Å²) in [6.45, 7) is 5.86. The van der Waals surface area contributed by atoms with Gasteiger partial charge in [-0.3, -0.25) is 9.59 Å². The molecule has 6 heteroatoms. The van der Waals surface area contributed by atoms with E-state index in [-0.39, 0.29) is 17.4 Å². The van der Waals surface area contributed by atoms with Crippen molar-refractivity contribution in [3.63, 3.8) is 0 Å². The van der Waals surface area contributed by atoms with Gasteiger partial charge in [0.1, 0.15) is 0 Å². The van der Waals surface area contributed by atoms with Gasteiger partial charge >= 0.3 is 0 Å². The topological polar surface area (TPSA) is 58.6 Å². The van der Waals surface area contributed by atoms with E-state index in [2.05, 4.69) is 11.9 Å². The summed E-state index contributed by atoms with van der Waals surface area (Å²) in [5, 5.41) is 2.73. The van der Waals surface area contributed by atoms with E-state index in [0.29, 0.717) is 25.3 Å². The Labute approximate surface area is 159 Å². The van der Waals surface area contributed by atoms with Crippen molar-refractivity contribution < 1.29 is 14.3 Å². The molecule has 3 rings (SSSR count). The molecule has 140 valence electrons. The predicted octanol–water partition coefficient (Wildman–Crippen LogP) is 2.62. The van der Waals surface area contributed by atoms with E-state index in [4.69, 9.17) is 4.74 Å². The third kappa shape index (κ3) is 4.68. The molecule has 0 aromatic heterocycles. The molecule has 5 nitrogen and oxygen atoms in total. The van der Waals surface area contributed by atoms with Crippen LogP contribution in [0.1, 0.15) is 35.2 Å². The number of hydrogen-bond donors (Lipinski definition) is 1. The van der Waals surface area contributed by atoms with Crippen LogP contribution in [0, 0.1) is 0 Å². The molecule has 2 fully saturated rings. The van der Waals surface area contributed by atoms with E-state index in [0.717, 1.165) is 42.9 Å². The molecule has 26 heavy (non-hydrogen) atoms. The number of benzene rings is 1. The lowest BCUT2D eigenvalue weighted by Crippen LogP contribution is -2.38. The lowest BCUT2D eigenvalue weighted by atomic mass is 9.92. The maximum absolute atomic E-state index is 12.8. The fraction of sp³-hybridized carbons (Fsp3) is 0.500. The Morgan fingerprint density at radius 1 is 1.19 bits per heavy atom. The van der Waals surface area contributed by atoms with E-state index >= 15 is 0 Å². The summed E-state index contributed by atoms with van der Waals surface area (Å²) in [5.74, 6) is 2.15. The van der Waals surface area contributed by atoms with Crippen LogP contribution in [0.3, 0.4) is 0 Å². The molecule has 0 unspecified atom stereocenters. The van der Waals surface area contributed by atoms with Gasteiger partial charge in [-0.05, 0) is 54.5 Å². The monoisotopic (exact) mass is 374 g/mol. The third-order valence-corrected chi connectivity index (χ3v) is 6.14. The van der Waals surface area contributed by atoms with Crippen LogP contribution >= 0.6 is 11.8 Å². The number of ether oxygens (including phenoxy) is 1. The van der Waals surface area contributed by atoms with Gasteiger partial charge in [-0.2, -0.15) is 11.8 Å². The highest BCUT2D eigenvalue weighted by atomic mass is 32.2. The smallest absolute Gasteiger partial charge is 0.253 e. The predicted molar refractivity (Wildman–Crippen MR) is 104 cm³/mol.